The molecule has 0 amide bonds. The maximum absolute atomic E-state index is 10.9. The van der Waals surface area contributed by atoms with Crippen LogP contribution in [-0.4, -0.2) is 11.4 Å². The van der Waals surface area contributed by atoms with Gasteiger partial charge >= 0.3 is 0 Å². The van der Waals surface area contributed by atoms with Crippen LogP contribution in [0.15, 0.2) is 22.7 Å². The van der Waals surface area contributed by atoms with Crippen molar-refractivity contribution in [2.24, 2.45) is 0 Å². The fraction of sp³-hybridized carbons (Fsp3) is 0.385. The van der Waals surface area contributed by atoms with Gasteiger partial charge < -0.3 is 4.52 Å². The highest BCUT2D eigenvalue weighted by Crippen LogP contribution is 2.37. The van der Waals surface area contributed by atoms with Crippen LogP contribution in [0.25, 0.3) is 11.0 Å². The number of fused-ring (bicyclic) bond motifs is 1. The summed E-state index contributed by atoms with van der Waals surface area (Å²) in [6.07, 6.45) is 5.74. The number of rotatable bonds is 2. The summed E-state index contributed by atoms with van der Waals surface area (Å²) in [6.45, 7) is 0. The number of hydrogen-bond acceptors (Lipinski definition) is 3. The number of nitrogens with zero attached hydrogens (tertiary/aromatic N) is 1. The lowest BCUT2D eigenvalue weighted by atomic mass is 10.00. The molecule has 3 nitrogen and oxygen atoms in total. The quantitative estimate of drug-likeness (QED) is 0.722. The molecule has 1 heterocycles. The molecule has 0 aliphatic heterocycles. The van der Waals surface area contributed by atoms with Gasteiger partial charge in [0.2, 0.25) is 0 Å². The molecule has 0 unspecified atom stereocenters. The Morgan fingerprint density at radius 1 is 1.31 bits per heavy atom. The van der Waals surface area contributed by atoms with Crippen LogP contribution >= 0.6 is 0 Å². The molecule has 1 fully saturated rings. The van der Waals surface area contributed by atoms with Crippen molar-refractivity contribution in [3.8, 4) is 0 Å². The van der Waals surface area contributed by atoms with Crippen LogP contribution in [0, 0.1) is 0 Å². The first kappa shape index (κ1) is 9.58. The second kappa shape index (κ2) is 3.74. The van der Waals surface area contributed by atoms with Gasteiger partial charge in [0, 0.05) is 11.3 Å². The Labute approximate surface area is 93.4 Å². The summed E-state index contributed by atoms with van der Waals surface area (Å²) in [7, 11) is 0. The molecule has 1 aromatic heterocycles. The summed E-state index contributed by atoms with van der Waals surface area (Å²) in [5, 5.41) is 5.16. The molecular formula is C13H13NO2. The van der Waals surface area contributed by atoms with Crippen molar-refractivity contribution in [3.63, 3.8) is 0 Å². The zero-order chi connectivity index (χ0) is 11.0. The number of para-hydroxylation sites is 1. The fourth-order valence-corrected chi connectivity index (χ4v) is 2.59. The molecule has 3 rings (SSSR count). The number of benzene rings is 1. The van der Waals surface area contributed by atoms with Crippen LogP contribution in [0.3, 0.4) is 0 Å². The van der Waals surface area contributed by atoms with Crippen molar-refractivity contribution >= 4 is 17.3 Å². The fourth-order valence-electron chi connectivity index (χ4n) is 2.59. The summed E-state index contributed by atoms with van der Waals surface area (Å²) >= 11 is 0. The smallest absolute Gasteiger partial charge is 0.177 e. The SMILES string of the molecule is O=Cc1cccc2c(C3CCCC3)noc12. The third-order valence-corrected chi connectivity index (χ3v) is 3.43. The Morgan fingerprint density at radius 3 is 2.88 bits per heavy atom. The Kier molecular flexibility index (Phi) is 2.24. The van der Waals surface area contributed by atoms with E-state index in [1.807, 2.05) is 12.1 Å². The van der Waals surface area contributed by atoms with E-state index in [9.17, 15) is 4.79 Å². The van der Waals surface area contributed by atoms with Crippen molar-refractivity contribution in [1.82, 2.24) is 5.16 Å². The molecule has 0 radical (unpaired) electrons. The largest absolute Gasteiger partial charge is 0.355 e. The number of aldehydes is 1. The van der Waals surface area contributed by atoms with Gasteiger partial charge in [0.05, 0.1) is 11.3 Å². The van der Waals surface area contributed by atoms with Gasteiger partial charge in [-0.25, -0.2) is 0 Å². The van der Waals surface area contributed by atoms with Gasteiger partial charge in [-0.15, -0.1) is 0 Å². The molecule has 1 aliphatic rings. The maximum atomic E-state index is 10.9. The first-order valence-corrected chi connectivity index (χ1v) is 5.73. The first-order valence-electron chi connectivity index (χ1n) is 5.73. The van der Waals surface area contributed by atoms with Crippen LogP contribution in [0.4, 0.5) is 0 Å². The minimum atomic E-state index is 0.517. The zero-order valence-electron chi connectivity index (χ0n) is 8.98. The molecule has 0 bridgehead atoms. The second-order valence-corrected chi connectivity index (χ2v) is 4.39. The number of carbonyl (C=O) groups excluding carboxylic acids is 1. The third kappa shape index (κ3) is 1.35. The predicted octanol–water partition coefficient (Wildman–Crippen LogP) is 3.30. The number of aromatic nitrogens is 1. The van der Waals surface area contributed by atoms with Crippen LogP contribution in [-0.2, 0) is 0 Å². The average molecular weight is 215 g/mol. The van der Waals surface area contributed by atoms with Crippen molar-refractivity contribution in [2.75, 3.05) is 0 Å². The lowest BCUT2D eigenvalue weighted by Crippen LogP contribution is -1.92. The zero-order valence-corrected chi connectivity index (χ0v) is 8.98. The van der Waals surface area contributed by atoms with Gasteiger partial charge in [-0.05, 0) is 25.0 Å². The van der Waals surface area contributed by atoms with Crippen molar-refractivity contribution < 1.29 is 9.32 Å². The van der Waals surface area contributed by atoms with E-state index in [0.29, 0.717) is 17.1 Å². The van der Waals surface area contributed by atoms with Gasteiger partial charge in [-0.1, -0.05) is 24.1 Å². The molecule has 0 N–H and O–H groups in total. The highest BCUT2D eigenvalue weighted by molar-refractivity contribution is 5.95. The van der Waals surface area contributed by atoms with Gasteiger partial charge in [-0.2, -0.15) is 0 Å². The minimum absolute atomic E-state index is 0.517. The molecule has 0 spiro atoms. The van der Waals surface area contributed by atoms with E-state index in [1.54, 1.807) is 6.07 Å². The second-order valence-electron chi connectivity index (χ2n) is 4.39. The summed E-state index contributed by atoms with van der Waals surface area (Å²) in [5.41, 5.74) is 2.27. The van der Waals surface area contributed by atoms with Crippen LogP contribution in [0.2, 0.25) is 0 Å². The molecule has 0 atom stereocenters. The van der Waals surface area contributed by atoms with E-state index in [4.69, 9.17) is 4.52 Å². The summed E-state index contributed by atoms with van der Waals surface area (Å²) in [6, 6.07) is 5.65. The Hall–Kier alpha value is -1.64. The lowest BCUT2D eigenvalue weighted by molar-refractivity contribution is 0.112. The van der Waals surface area contributed by atoms with E-state index in [1.165, 1.54) is 25.7 Å². The van der Waals surface area contributed by atoms with Gasteiger partial charge in [0.1, 0.15) is 0 Å². The normalized spacial score (nSPS) is 17.0. The maximum Gasteiger partial charge on any atom is 0.177 e. The highest BCUT2D eigenvalue weighted by atomic mass is 16.5. The van der Waals surface area contributed by atoms with Gasteiger partial charge in [0.25, 0.3) is 0 Å². The lowest BCUT2D eigenvalue weighted by Gasteiger charge is -2.03. The molecule has 3 heteroatoms. The highest BCUT2D eigenvalue weighted by Gasteiger charge is 2.23. The number of hydrogen-bond donors (Lipinski definition) is 0. The predicted molar refractivity (Wildman–Crippen MR) is 60.6 cm³/mol. The standard InChI is InChI=1S/C13H13NO2/c15-8-10-6-3-7-11-12(14-16-13(10)11)9-4-1-2-5-9/h3,6-9H,1-2,4-5H2. The van der Waals surface area contributed by atoms with E-state index >= 15 is 0 Å². The van der Waals surface area contributed by atoms with E-state index in [-0.39, 0.29) is 0 Å². The van der Waals surface area contributed by atoms with Crippen molar-refractivity contribution in [1.29, 1.82) is 0 Å². The van der Waals surface area contributed by atoms with Crippen LogP contribution < -0.4 is 0 Å². The van der Waals surface area contributed by atoms with Crippen molar-refractivity contribution in [2.45, 2.75) is 31.6 Å². The first-order chi connectivity index (χ1) is 7.90. The van der Waals surface area contributed by atoms with Crippen LogP contribution in [0.1, 0.15) is 47.7 Å². The molecule has 1 saturated carbocycles. The van der Waals surface area contributed by atoms with Gasteiger partial charge in [-0.3, -0.25) is 4.79 Å². The van der Waals surface area contributed by atoms with E-state index in [0.717, 1.165) is 17.4 Å². The summed E-state index contributed by atoms with van der Waals surface area (Å²) in [5.74, 6) is 0.517. The van der Waals surface area contributed by atoms with E-state index < -0.39 is 0 Å². The average Bonchev–Trinajstić information content (AvgIpc) is 2.96. The topological polar surface area (TPSA) is 43.1 Å². The summed E-state index contributed by atoms with van der Waals surface area (Å²) in [4.78, 5) is 10.9. The molecular weight excluding hydrogens is 202 g/mol. The molecule has 2 aromatic rings. The van der Waals surface area contributed by atoms with Gasteiger partial charge in [0.15, 0.2) is 11.9 Å². The minimum Gasteiger partial charge on any atom is -0.355 e. The molecule has 16 heavy (non-hydrogen) atoms. The third-order valence-electron chi connectivity index (χ3n) is 3.43. The van der Waals surface area contributed by atoms with Crippen LogP contribution in [0.5, 0.6) is 0 Å². The molecule has 0 saturated heterocycles. The van der Waals surface area contributed by atoms with Crippen molar-refractivity contribution in [3.05, 3.63) is 29.5 Å². The Bertz CT molecular complexity index is 524. The molecule has 82 valence electrons. The molecule has 1 aliphatic carbocycles. The Morgan fingerprint density at radius 2 is 2.12 bits per heavy atom. The summed E-state index contributed by atoms with van der Waals surface area (Å²) < 4.78 is 5.30. The number of carbonyl (C=O) groups is 1. The van der Waals surface area contributed by atoms with E-state index in [2.05, 4.69) is 5.16 Å². The monoisotopic (exact) mass is 215 g/mol. The Balaban J connectivity index is 2.16. The molecule has 1 aromatic carbocycles.